The number of hydrogen-bond donors (Lipinski definition) is 0. The molecular weight excluding hydrogens is 662 g/mol. The summed E-state index contributed by atoms with van der Waals surface area (Å²) in [6.45, 7) is 5.34. The summed E-state index contributed by atoms with van der Waals surface area (Å²) >= 11 is 0. The molecule has 0 aliphatic carbocycles. The second-order valence-corrected chi connectivity index (χ2v) is 12.5. The zero-order valence-electron chi connectivity index (χ0n) is 28.3. The summed E-state index contributed by atoms with van der Waals surface area (Å²) in [4.78, 5) is 41.0. The number of para-hydroxylation sites is 1. The van der Waals surface area contributed by atoms with Crippen LogP contribution in [-0.2, 0) is 16.1 Å². The van der Waals surface area contributed by atoms with Crippen LogP contribution in [-0.4, -0.2) is 102 Å². The second-order valence-electron chi connectivity index (χ2n) is 12.5. The molecule has 2 aliphatic heterocycles. The van der Waals surface area contributed by atoms with E-state index in [0.717, 1.165) is 34.6 Å². The second kappa shape index (κ2) is 12.8. The molecule has 0 radical (unpaired) electrons. The minimum atomic E-state index is -0.880. The Bertz CT molecular complexity index is 2290. The van der Waals surface area contributed by atoms with Gasteiger partial charge in [0.1, 0.15) is 41.6 Å². The molecule has 3 atom stereocenters. The Kier molecular flexibility index (Phi) is 8.17. The Balaban J connectivity index is 1.22. The maximum Gasteiger partial charge on any atom is 0.317 e. The first-order valence-electron chi connectivity index (χ1n) is 16.5. The summed E-state index contributed by atoms with van der Waals surface area (Å²) in [7, 11) is 3.07. The van der Waals surface area contributed by atoms with Crippen LogP contribution in [0.2, 0.25) is 0 Å². The minimum absolute atomic E-state index is 0.0598. The topological polar surface area (TPSA) is 138 Å². The molecule has 0 N–H and O–H groups in total. The number of likely N-dealkylation sites (N-methyl/N-ethyl adjacent to an activating group) is 1. The number of aryl methyl sites for hydroxylation is 1. The standard InChI is InChI=1S/C35H34F2N10O4/c1-5-50-22-15-44(3)34(48)28-13-21(51-35-38-10-9-26(43-35)23-7-6-8-27-30(23)45(17-22)19(2)42-27)16-46(28)32-24-14-41-47(33(24)40-18-39-32)31-25(37)11-20(36)12-29(31)49-4/h6-12,14,18,21-22,28H,5,13,15-17H2,1-4H3/t21-,22?,28-/m0/s1. The number of carbonyl (C=O) groups excluding carboxylic acids is 1. The molecule has 6 heterocycles. The van der Waals surface area contributed by atoms with Crippen LogP contribution in [0.3, 0.4) is 0 Å². The van der Waals surface area contributed by atoms with Gasteiger partial charge in [0, 0.05) is 50.5 Å². The van der Waals surface area contributed by atoms with Gasteiger partial charge in [0.15, 0.2) is 17.2 Å². The molecule has 2 aromatic carbocycles. The van der Waals surface area contributed by atoms with E-state index < -0.39 is 23.8 Å². The molecule has 0 spiro atoms. The molecule has 0 saturated carbocycles. The fourth-order valence-electron chi connectivity index (χ4n) is 7.16. The van der Waals surface area contributed by atoms with Gasteiger partial charge in [0.25, 0.3) is 0 Å². The van der Waals surface area contributed by atoms with Gasteiger partial charge in [0.05, 0.1) is 54.6 Å². The first kappa shape index (κ1) is 32.4. The highest BCUT2D eigenvalue weighted by Crippen LogP contribution is 2.36. The number of ether oxygens (including phenoxy) is 3. The lowest BCUT2D eigenvalue weighted by molar-refractivity contribution is -0.133. The summed E-state index contributed by atoms with van der Waals surface area (Å²) in [5.41, 5.74) is 3.40. The van der Waals surface area contributed by atoms with Gasteiger partial charge in [-0.2, -0.15) is 10.1 Å². The van der Waals surface area contributed by atoms with Crippen LogP contribution in [0.1, 0.15) is 19.2 Å². The minimum Gasteiger partial charge on any atom is -0.494 e. The summed E-state index contributed by atoms with van der Waals surface area (Å²) < 4.78 is 50.5. The van der Waals surface area contributed by atoms with Gasteiger partial charge >= 0.3 is 6.01 Å². The number of hydrogen-bond acceptors (Lipinski definition) is 11. The number of carbonyl (C=O) groups is 1. The van der Waals surface area contributed by atoms with E-state index in [1.807, 2.05) is 43.0 Å². The normalized spacial score (nSPS) is 19.3. The monoisotopic (exact) mass is 696 g/mol. The number of aromatic nitrogens is 8. The third kappa shape index (κ3) is 5.64. The summed E-state index contributed by atoms with van der Waals surface area (Å²) in [5.74, 6) is -0.701. The molecule has 14 nitrogen and oxygen atoms in total. The van der Waals surface area contributed by atoms with Crippen LogP contribution in [0.15, 0.2) is 55.1 Å². The smallest absolute Gasteiger partial charge is 0.317 e. The van der Waals surface area contributed by atoms with Crippen molar-refractivity contribution in [1.82, 2.24) is 44.2 Å². The molecular formula is C35H34F2N10O4. The number of methoxy groups -OCH3 is 1. The number of benzene rings is 2. The molecule has 8 rings (SSSR count). The van der Waals surface area contributed by atoms with E-state index in [9.17, 15) is 9.18 Å². The maximum atomic E-state index is 15.2. The van der Waals surface area contributed by atoms with Crippen molar-refractivity contribution in [3.05, 3.63) is 72.6 Å². The molecule has 1 amide bonds. The van der Waals surface area contributed by atoms with Crippen molar-refractivity contribution in [1.29, 1.82) is 0 Å². The van der Waals surface area contributed by atoms with Crippen LogP contribution >= 0.6 is 0 Å². The van der Waals surface area contributed by atoms with Crippen molar-refractivity contribution in [2.24, 2.45) is 0 Å². The Morgan fingerprint density at radius 3 is 2.75 bits per heavy atom. The van der Waals surface area contributed by atoms with Crippen LogP contribution in [0.25, 0.3) is 39.0 Å². The molecule has 1 saturated heterocycles. The lowest BCUT2D eigenvalue weighted by Crippen LogP contribution is -2.47. The highest BCUT2D eigenvalue weighted by atomic mass is 19.1. The highest BCUT2D eigenvalue weighted by Gasteiger charge is 2.42. The van der Waals surface area contributed by atoms with E-state index in [-0.39, 0.29) is 41.7 Å². The van der Waals surface area contributed by atoms with E-state index in [1.165, 1.54) is 24.3 Å². The van der Waals surface area contributed by atoms with E-state index in [2.05, 4.69) is 24.6 Å². The highest BCUT2D eigenvalue weighted by molar-refractivity contribution is 5.93. The number of anilines is 1. The Morgan fingerprint density at radius 1 is 1.06 bits per heavy atom. The molecule has 1 unspecified atom stereocenters. The van der Waals surface area contributed by atoms with E-state index in [0.29, 0.717) is 43.0 Å². The van der Waals surface area contributed by atoms with Crippen LogP contribution in [0, 0.1) is 18.6 Å². The summed E-state index contributed by atoms with van der Waals surface area (Å²) in [6.07, 6.45) is 3.90. The van der Waals surface area contributed by atoms with Gasteiger partial charge in [0.2, 0.25) is 5.91 Å². The molecule has 4 aromatic heterocycles. The third-order valence-electron chi connectivity index (χ3n) is 9.37. The average Bonchev–Trinajstić information content (AvgIpc) is 3.82. The van der Waals surface area contributed by atoms with Crippen LogP contribution in [0.4, 0.5) is 14.6 Å². The van der Waals surface area contributed by atoms with Crippen molar-refractivity contribution < 1.29 is 27.8 Å². The van der Waals surface area contributed by atoms with Gasteiger partial charge in [-0.3, -0.25) is 4.79 Å². The van der Waals surface area contributed by atoms with E-state index >= 15 is 4.39 Å². The zero-order valence-corrected chi connectivity index (χ0v) is 28.3. The number of halogens is 2. The van der Waals surface area contributed by atoms with Crippen molar-refractivity contribution in [2.75, 3.05) is 38.8 Å². The molecule has 262 valence electrons. The number of rotatable bonds is 5. The van der Waals surface area contributed by atoms with Crippen molar-refractivity contribution >= 4 is 33.8 Å². The Labute approximate surface area is 290 Å². The third-order valence-corrected chi connectivity index (χ3v) is 9.37. The summed E-state index contributed by atoms with van der Waals surface area (Å²) in [6, 6.07) is 9.02. The lowest BCUT2D eigenvalue weighted by atomic mass is 10.1. The van der Waals surface area contributed by atoms with Crippen LogP contribution in [0.5, 0.6) is 11.8 Å². The zero-order chi connectivity index (χ0) is 35.4. The van der Waals surface area contributed by atoms with Gasteiger partial charge in [-0.1, -0.05) is 12.1 Å². The fourth-order valence-corrected chi connectivity index (χ4v) is 7.16. The van der Waals surface area contributed by atoms with Gasteiger partial charge in [-0.05, 0) is 26.0 Å². The Hall–Kier alpha value is -5.77. The van der Waals surface area contributed by atoms with E-state index in [4.69, 9.17) is 24.2 Å². The average molecular weight is 697 g/mol. The molecule has 51 heavy (non-hydrogen) atoms. The van der Waals surface area contributed by atoms with Gasteiger partial charge < -0.3 is 28.6 Å². The summed E-state index contributed by atoms with van der Waals surface area (Å²) in [5, 5.41) is 4.84. The number of nitrogens with zero attached hydrogens (tertiary/aromatic N) is 10. The van der Waals surface area contributed by atoms with Crippen LogP contribution < -0.4 is 14.4 Å². The maximum absolute atomic E-state index is 15.2. The van der Waals surface area contributed by atoms with Crippen molar-refractivity contribution in [3.8, 4) is 28.7 Å². The SMILES string of the molecule is CCOC1CN(C)C(=O)[C@@H]2C[C@@H](CN2c2ncnc3c2cnn3-c2c(F)cc(F)cc2OC)Oc2nccc(n2)-c2cccc3nc(C)n(c23)C1. The lowest BCUT2D eigenvalue weighted by Gasteiger charge is -2.31. The quantitative estimate of drug-likeness (QED) is 0.257. The molecule has 4 bridgehead atoms. The molecule has 16 heteroatoms. The predicted octanol–water partition coefficient (Wildman–Crippen LogP) is 4.12. The number of fused-ring (bicyclic) bond motifs is 6. The van der Waals surface area contributed by atoms with Crippen molar-refractivity contribution in [3.63, 3.8) is 0 Å². The Morgan fingerprint density at radius 2 is 1.92 bits per heavy atom. The molecule has 2 aliphatic rings. The molecule has 1 fully saturated rings. The fraction of sp³-hybridized carbons (Fsp3) is 0.343. The van der Waals surface area contributed by atoms with E-state index in [1.54, 1.807) is 18.1 Å². The first-order chi connectivity index (χ1) is 24.7. The number of amides is 1. The predicted molar refractivity (Wildman–Crippen MR) is 182 cm³/mol. The molecule has 6 aromatic rings. The number of imidazole rings is 1. The van der Waals surface area contributed by atoms with Gasteiger partial charge in [-0.25, -0.2) is 33.4 Å². The first-order valence-corrected chi connectivity index (χ1v) is 16.5. The van der Waals surface area contributed by atoms with Crippen molar-refractivity contribution in [2.45, 2.75) is 45.1 Å². The largest absolute Gasteiger partial charge is 0.494 e. The van der Waals surface area contributed by atoms with Gasteiger partial charge in [-0.15, -0.1) is 0 Å².